The normalized spacial score (nSPS) is 13.2. The van der Waals surface area contributed by atoms with Crippen molar-refractivity contribution in [3.05, 3.63) is 58.2 Å². The summed E-state index contributed by atoms with van der Waals surface area (Å²) in [5, 5.41) is 1.12. The van der Waals surface area contributed by atoms with E-state index in [0.717, 1.165) is 40.6 Å². The molecule has 1 aromatic heterocycles. The average Bonchev–Trinajstić information content (AvgIpc) is 3.05. The van der Waals surface area contributed by atoms with Gasteiger partial charge < -0.3 is 14.4 Å². The fourth-order valence-electron chi connectivity index (χ4n) is 3.44. The molecule has 4 rings (SSSR count). The van der Waals surface area contributed by atoms with Crippen molar-refractivity contribution in [3.63, 3.8) is 0 Å². The van der Waals surface area contributed by atoms with Crippen molar-refractivity contribution in [1.82, 2.24) is 4.98 Å². The van der Waals surface area contributed by atoms with Crippen molar-refractivity contribution in [1.29, 1.82) is 0 Å². The second-order valence-electron chi connectivity index (χ2n) is 6.15. The van der Waals surface area contributed by atoms with Crippen LogP contribution in [0, 0.1) is 0 Å². The van der Waals surface area contributed by atoms with Gasteiger partial charge in [0.2, 0.25) is 0 Å². The van der Waals surface area contributed by atoms with Gasteiger partial charge in [0.05, 0.1) is 25.4 Å². The highest BCUT2D eigenvalue weighted by Gasteiger charge is 2.23. The standard InChI is InChI=1S/C20H19BrN2O2/c1-24-18-9-16-17(10-19(18)25-2)22-11-14-7-8-23(20(14)16)12-13-3-5-15(21)6-4-13/h3-6,9-11H,7-8,12H2,1-2H3. The lowest BCUT2D eigenvalue weighted by atomic mass is 10.1. The Morgan fingerprint density at radius 2 is 1.80 bits per heavy atom. The first-order chi connectivity index (χ1) is 12.2. The predicted octanol–water partition coefficient (Wildman–Crippen LogP) is 4.58. The van der Waals surface area contributed by atoms with Crippen molar-refractivity contribution in [3.8, 4) is 11.5 Å². The maximum absolute atomic E-state index is 5.49. The van der Waals surface area contributed by atoms with E-state index in [1.165, 1.54) is 16.8 Å². The van der Waals surface area contributed by atoms with Crippen LogP contribution in [0.15, 0.2) is 47.1 Å². The second-order valence-corrected chi connectivity index (χ2v) is 7.07. The number of pyridine rings is 1. The quantitative estimate of drug-likeness (QED) is 0.644. The number of benzene rings is 2. The van der Waals surface area contributed by atoms with Crippen LogP contribution in [0.3, 0.4) is 0 Å². The van der Waals surface area contributed by atoms with Gasteiger partial charge >= 0.3 is 0 Å². The summed E-state index contributed by atoms with van der Waals surface area (Å²) in [6, 6.07) is 12.5. The van der Waals surface area contributed by atoms with Crippen LogP contribution in [0.4, 0.5) is 5.69 Å². The average molecular weight is 399 g/mol. The fourth-order valence-corrected chi connectivity index (χ4v) is 3.70. The minimum atomic E-state index is 0.708. The lowest BCUT2D eigenvalue weighted by Crippen LogP contribution is -2.19. The molecule has 4 nitrogen and oxygen atoms in total. The topological polar surface area (TPSA) is 34.6 Å². The van der Waals surface area contributed by atoms with Gasteiger partial charge in [0.15, 0.2) is 11.5 Å². The lowest BCUT2D eigenvalue weighted by Gasteiger charge is -2.21. The number of nitrogens with zero attached hydrogens (tertiary/aromatic N) is 2. The molecule has 0 atom stereocenters. The van der Waals surface area contributed by atoms with E-state index >= 15 is 0 Å². The van der Waals surface area contributed by atoms with Gasteiger partial charge in [-0.25, -0.2) is 0 Å². The third-order valence-corrected chi connectivity index (χ3v) is 5.20. The molecule has 0 spiro atoms. The Morgan fingerprint density at radius 1 is 1.08 bits per heavy atom. The summed E-state index contributed by atoms with van der Waals surface area (Å²) in [5.74, 6) is 1.44. The van der Waals surface area contributed by atoms with Gasteiger partial charge in [-0.2, -0.15) is 0 Å². The van der Waals surface area contributed by atoms with Gasteiger partial charge in [0.25, 0.3) is 0 Å². The Morgan fingerprint density at radius 3 is 2.52 bits per heavy atom. The van der Waals surface area contributed by atoms with Crippen LogP contribution < -0.4 is 14.4 Å². The zero-order chi connectivity index (χ0) is 17.4. The van der Waals surface area contributed by atoms with Crippen molar-refractivity contribution in [2.75, 3.05) is 25.7 Å². The molecule has 0 aliphatic carbocycles. The fraction of sp³-hybridized carbons (Fsp3) is 0.250. The van der Waals surface area contributed by atoms with Crippen molar-refractivity contribution in [2.24, 2.45) is 0 Å². The van der Waals surface area contributed by atoms with E-state index in [0.29, 0.717) is 5.75 Å². The molecule has 0 fully saturated rings. The molecule has 25 heavy (non-hydrogen) atoms. The lowest BCUT2D eigenvalue weighted by molar-refractivity contribution is 0.356. The zero-order valence-electron chi connectivity index (χ0n) is 14.3. The molecule has 128 valence electrons. The van der Waals surface area contributed by atoms with Crippen molar-refractivity contribution in [2.45, 2.75) is 13.0 Å². The number of anilines is 1. The molecule has 1 aliphatic heterocycles. The molecule has 0 amide bonds. The number of halogens is 1. The first-order valence-electron chi connectivity index (χ1n) is 8.22. The van der Waals surface area contributed by atoms with E-state index in [2.05, 4.69) is 50.1 Å². The van der Waals surface area contributed by atoms with E-state index in [1.807, 2.05) is 18.3 Å². The van der Waals surface area contributed by atoms with Gasteiger partial charge in [0.1, 0.15) is 0 Å². The van der Waals surface area contributed by atoms with Gasteiger partial charge in [-0.3, -0.25) is 4.98 Å². The summed E-state index contributed by atoms with van der Waals surface area (Å²) in [6.07, 6.45) is 3.01. The zero-order valence-corrected chi connectivity index (χ0v) is 15.8. The molecule has 0 bridgehead atoms. The van der Waals surface area contributed by atoms with Crippen LogP contribution in [-0.2, 0) is 13.0 Å². The number of methoxy groups -OCH3 is 2. The molecule has 0 radical (unpaired) electrons. The first kappa shape index (κ1) is 16.2. The minimum absolute atomic E-state index is 0.708. The number of hydrogen-bond acceptors (Lipinski definition) is 4. The van der Waals surface area contributed by atoms with Gasteiger partial charge in [-0.15, -0.1) is 0 Å². The summed E-state index contributed by atoms with van der Waals surface area (Å²) in [4.78, 5) is 7.05. The molecule has 5 heteroatoms. The molecular formula is C20H19BrN2O2. The summed E-state index contributed by atoms with van der Waals surface area (Å²) in [5.41, 5.74) is 4.77. The van der Waals surface area contributed by atoms with E-state index in [-0.39, 0.29) is 0 Å². The molecule has 0 N–H and O–H groups in total. The van der Waals surface area contributed by atoms with Crippen LogP contribution in [0.5, 0.6) is 11.5 Å². The highest BCUT2D eigenvalue weighted by molar-refractivity contribution is 9.10. The van der Waals surface area contributed by atoms with Crippen molar-refractivity contribution >= 4 is 32.5 Å². The summed E-state index contributed by atoms with van der Waals surface area (Å²) >= 11 is 3.50. The summed E-state index contributed by atoms with van der Waals surface area (Å²) in [6.45, 7) is 1.88. The molecule has 3 aromatic rings. The molecule has 1 aliphatic rings. The van der Waals surface area contributed by atoms with Gasteiger partial charge in [-0.1, -0.05) is 28.1 Å². The van der Waals surface area contributed by atoms with Gasteiger partial charge in [-0.05, 0) is 35.7 Å². The Bertz CT molecular complexity index is 925. The first-order valence-corrected chi connectivity index (χ1v) is 9.02. The van der Waals surface area contributed by atoms with Crippen LogP contribution in [-0.4, -0.2) is 25.7 Å². The Balaban J connectivity index is 1.79. The summed E-state index contributed by atoms with van der Waals surface area (Å²) in [7, 11) is 3.32. The van der Waals surface area contributed by atoms with E-state index in [1.54, 1.807) is 14.2 Å². The molecule has 2 aromatic carbocycles. The number of hydrogen-bond donors (Lipinski definition) is 0. The number of aromatic nitrogens is 1. The third-order valence-electron chi connectivity index (χ3n) is 4.67. The molecule has 2 heterocycles. The Labute approximate surface area is 155 Å². The number of ether oxygens (including phenoxy) is 2. The van der Waals surface area contributed by atoms with E-state index < -0.39 is 0 Å². The molecule has 0 unspecified atom stereocenters. The molecule has 0 saturated heterocycles. The highest BCUT2D eigenvalue weighted by Crippen LogP contribution is 2.40. The van der Waals surface area contributed by atoms with E-state index in [4.69, 9.17) is 9.47 Å². The largest absolute Gasteiger partial charge is 0.493 e. The van der Waals surface area contributed by atoms with E-state index in [9.17, 15) is 0 Å². The van der Waals surface area contributed by atoms with Gasteiger partial charge in [0, 0.05) is 35.2 Å². The molecular weight excluding hydrogens is 380 g/mol. The van der Waals surface area contributed by atoms with Crippen molar-refractivity contribution < 1.29 is 9.47 Å². The van der Waals surface area contributed by atoms with Crippen LogP contribution in [0.1, 0.15) is 11.1 Å². The predicted molar refractivity (Wildman–Crippen MR) is 104 cm³/mol. The number of fused-ring (bicyclic) bond motifs is 3. The third kappa shape index (κ3) is 2.93. The minimum Gasteiger partial charge on any atom is -0.493 e. The Hall–Kier alpha value is -2.27. The monoisotopic (exact) mass is 398 g/mol. The van der Waals surface area contributed by atoms with Crippen LogP contribution in [0.25, 0.3) is 10.9 Å². The SMILES string of the molecule is COc1cc2ncc3c(c2cc1OC)N(Cc1ccc(Br)cc1)CC3. The maximum Gasteiger partial charge on any atom is 0.162 e. The summed E-state index contributed by atoms with van der Waals surface area (Å²) < 4.78 is 12.0. The maximum atomic E-state index is 5.49. The molecule has 0 saturated carbocycles. The smallest absolute Gasteiger partial charge is 0.162 e. The highest BCUT2D eigenvalue weighted by atomic mass is 79.9. The van der Waals surface area contributed by atoms with Crippen LogP contribution in [0.2, 0.25) is 0 Å². The number of rotatable bonds is 4. The Kier molecular flexibility index (Phi) is 4.25. The second kappa shape index (κ2) is 6.56. The van der Waals surface area contributed by atoms with Crippen LogP contribution >= 0.6 is 15.9 Å².